The summed E-state index contributed by atoms with van der Waals surface area (Å²) in [6, 6.07) is 11.7. The molecule has 0 amide bonds. The highest BCUT2D eigenvalue weighted by Crippen LogP contribution is 2.58. The minimum atomic E-state index is 0.304. The molecule has 1 saturated carbocycles. The fraction of sp³-hybridized carbons (Fsp3) is 0.600. The lowest BCUT2D eigenvalue weighted by molar-refractivity contribution is -0.00595. The molecule has 1 aromatic carbocycles. The average Bonchev–Trinajstić information content (AvgIpc) is 2.80. The fourth-order valence-electron chi connectivity index (χ4n) is 5.36. The van der Waals surface area contributed by atoms with Gasteiger partial charge < -0.3 is 9.47 Å². The van der Waals surface area contributed by atoms with Crippen LogP contribution in [0.5, 0.6) is 0 Å². The lowest BCUT2D eigenvalue weighted by Gasteiger charge is -2.65. The summed E-state index contributed by atoms with van der Waals surface area (Å²) >= 11 is 0. The van der Waals surface area contributed by atoms with E-state index in [0.29, 0.717) is 17.0 Å². The number of para-hydroxylation sites is 1. The summed E-state index contributed by atoms with van der Waals surface area (Å²) in [6.45, 7) is 9.91. The van der Waals surface area contributed by atoms with Gasteiger partial charge in [0, 0.05) is 29.5 Å². The van der Waals surface area contributed by atoms with E-state index in [1.807, 2.05) is 0 Å². The Kier molecular flexibility index (Phi) is 2.77. The maximum absolute atomic E-state index is 2.75. The van der Waals surface area contributed by atoms with Gasteiger partial charge >= 0.3 is 0 Å². The number of rotatable bonds is 1. The van der Waals surface area contributed by atoms with Gasteiger partial charge in [0.15, 0.2) is 0 Å². The first kappa shape index (κ1) is 14.2. The van der Waals surface area contributed by atoms with Crippen LogP contribution in [0.15, 0.2) is 30.3 Å². The van der Waals surface area contributed by atoms with Crippen molar-refractivity contribution < 1.29 is 0 Å². The molecule has 0 N–H and O–H groups in total. The molecule has 0 radical (unpaired) electrons. The second kappa shape index (κ2) is 4.31. The van der Waals surface area contributed by atoms with Gasteiger partial charge in [-0.15, -0.1) is 0 Å². The highest BCUT2D eigenvalue weighted by molar-refractivity contribution is 5.85. The average molecular weight is 296 g/mol. The van der Waals surface area contributed by atoms with E-state index >= 15 is 0 Å². The molecule has 0 spiro atoms. The first-order valence-corrected chi connectivity index (χ1v) is 8.71. The normalized spacial score (nSPS) is 38.0. The summed E-state index contributed by atoms with van der Waals surface area (Å²) < 4.78 is 2.39. The van der Waals surface area contributed by atoms with Crippen molar-refractivity contribution in [1.29, 1.82) is 0 Å². The monoisotopic (exact) mass is 296 g/mol. The zero-order chi connectivity index (χ0) is 15.7. The van der Waals surface area contributed by atoms with E-state index < -0.39 is 0 Å². The van der Waals surface area contributed by atoms with Crippen LogP contribution >= 0.6 is 0 Å². The van der Waals surface area contributed by atoms with Crippen molar-refractivity contribution in [3.8, 4) is 0 Å². The summed E-state index contributed by atoms with van der Waals surface area (Å²) in [5.74, 6) is 2.21. The van der Waals surface area contributed by atoms with Crippen LogP contribution in [0, 0.1) is 11.3 Å². The van der Waals surface area contributed by atoms with E-state index in [2.05, 4.69) is 74.5 Å². The molecule has 118 valence electrons. The van der Waals surface area contributed by atoms with Crippen LogP contribution in [0.3, 0.4) is 0 Å². The topological polar surface area (TPSA) is 8.17 Å². The fourth-order valence-corrected chi connectivity index (χ4v) is 5.36. The maximum Gasteiger partial charge on any atom is 0.110 e. The molecule has 3 aliphatic rings. The Balaban J connectivity index is 1.89. The molecule has 2 nitrogen and oxygen atoms in total. The second-order valence-electron chi connectivity index (χ2n) is 8.27. The lowest BCUT2D eigenvalue weighted by atomic mass is 9.54. The summed E-state index contributed by atoms with van der Waals surface area (Å²) in [5, 5.41) is 1.36. The van der Waals surface area contributed by atoms with Crippen molar-refractivity contribution in [1.82, 2.24) is 4.57 Å². The molecular weight excluding hydrogens is 268 g/mol. The first-order valence-electron chi connectivity index (χ1n) is 8.71. The number of piperidine rings is 2. The van der Waals surface area contributed by atoms with Crippen LogP contribution in [0.2, 0.25) is 0 Å². The molecule has 3 fully saturated rings. The molecule has 5 rings (SSSR count). The van der Waals surface area contributed by atoms with Crippen molar-refractivity contribution in [3.05, 3.63) is 30.3 Å². The number of nitrogens with zero attached hydrogens (tertiary/aromatic N) is 2. The third kappa shape index (κ3) is 1.61. The van der Waals surface area contributed by atoms with E-state index in [1.165, 1.54) is 36.0 Å². The number of fused-ring (bicyclic) bond motifs is 4. The molecule has 2 heteroatoms. The van der Waals surface area contributed by atoms with E-state index in [4.69, 9.17) is 0 Å². The Morgan fingerprint density at radius 1 is 1.09 bits per heavy atom. The molecule has 4 atom stereocenters. The summed E-state index contributed by atoms with van der Waals surface area (Å²) in [5.41, 5.74) is 2.08. The largest absolute Gasteiger partial charge is 0.349 e. The number of hydrogen-bond acceptors (Lipinski definition) is 1. The standard InChI is InChI=1S/C20H28N2/c1-14-13-19(3)10-11-20(14,4)15(2)22(19)18-12-16-8-6-7-9-17(16)21(18)5/h6-9,12,14-15H,10-11,13H2,1-5H3/t14?,15-,19?,20?/m0/s1. The van der Waals surface area contributed by atoms with Crippen LogP contribution in [-0.2, 0) is 7.05 Å². The van der Waals surface area contributed by atoms with Gasteiger partial charge in [0.05, 0.1) is 0 Å². The smallest absolute Gasteiger partial charge is 0.110 e. The van der Waals surface area contributed by atoms with Crippen LogP contribution in [-0.4, -0.2) is 16.1 Å². The molecule has 3 heterocycles. The Morgan fingerprint density at radius 2 is 1.82 bits per heavy atom. The van der Waals surface area contributed by atoms with Gasteiger partial charge in [-0.1, -0.05) is 32.0 Å². The van der Waals surface area contributed by atoms with Gasteiger partial charge in [-0.2, -0.15) is 0 Å². The van der Waals surface area contributed by atoms with Crippen molar-refractivity contribution in [2.75, 3.05) is 4.90 Å². The van der Waals surface area contributed by atoms with Gasteiger partial charge in [-0.05, 0) is 56.6 Å². The van der Waals surface area contributed by atoms with Gasteiger partial charge in [0.25, 0.3) is 0 Å². The van der Waals surface area contributed by atoms with Crippen LogP contribution < -0.4 is 4.90 Å². The molecule has 2 aliphatic heterocycles. The van der Waals surface area contributed by atoms with Gasteiger partial charge in [-0.25, -0.2) is 0 Å². The van der Waals surface area contributed by atoms with Crippen LogP contribution in [0.1, 0.15) is 47.0 Å². The Morgan fingerprint density at radius 3 is 2.50 bits per heavy atom. The maximum atomic E-state index is 2.75. The molecule has 22 heavy (non-hydrogen) atoms. The third-order valence-electron chi connectivity index (χ3n) is 7.17. The van der Waals surface area contributed by atoms with Crippen LogP contribution in [0.25, 0.3) is 10.9 Å². The summed E-state index contributed by atoms with van der Waals surface area (Å²) in [4.78, 5) is 2.75. The number of hydrogen-bond donors (Lipinski definition) is 0. The van der Waals surface area contributed by atoms with Crippen molar-refractivity contribution in [2.45, 2.75) is 58.5 Å². The highest BCUT2D eigenvalue weighted by atomic mass is 15.3. The summed E-state index contributed by atoms with van der Waals surface area (Å²) in [6.07, 6.45) is 4.00. The molecule has 2 aromatic rings. The Labute approximate surface area is 134 Å². The van der Waals surface area contributed by atoms with E-state index in [9.17, 15) is 0 Å². The minimum absolute atomic E-state index is 0.304. The molecule has 2 bridgehead atoms. The number of anilines is 1. The number of aryl methyl sites for hydroxylation is 1. The van der Waals surface area contributed by atoms with Gasteiger partial charge in [0.1, 0.15) is 5.82 Å². The zero-order valence-electron chi connectivity index (χ0n) is 14.6. The molecule has 1 aliphatic carbocycles. The van der Waals surface area contributed by atoms with Gasteiger partial charge in [0.2, 0.25) is 0 Å². The summed E-state index contributed by atoms with van der Waals surface area (Å²) in [7, 11) is 2.22. The molecule has 1 aromatic heterocycles. The Bertz CT molecular complexity index is 730. The lowest BCUT2D eigenvalue weighted by Crippen LogP contribution is -2.68. The van der Waals surface area contributed by atoms with Crippen LogP contribution in [0.4, 0.5) is 5.82 Å². The highest BCUT2D eigenvalue weighted by Gasteiger charge is 2.57. The number of aromatic nitrogens is 1. The van der Waals surface area contributed by atoms with E-state index in [1.54, 1.807) is 0 Å². The molecular formula is C20H28N2. The number of benzene rings is 1. The quantitative estimate of drug-likeness (QED) is 0.721. The minimum Gasteiger partial charge on any atom is -0.349 e. The van der Waals surface area contributed by atoms with Crippen molar-refractivity contribution in [3.63, 3.8) is 0 Å². The van der Waals surface area contributed by atoms with Gasteiger partial charge in [-0.3, -0.25) is 0 Å². The predicted octanol–water partition coefficient (Wildman–Crippen LogP) is 4.97. The zero-order valence-corrected chi connectivity index (χ0v) is 14.6. The predicted molar refractivity (Wildman–Crippen MR) is 94.4 cm³/mol. The molecule has 3 unspecified atom stereocenters. The Hall–Kier alpha value is -1.44. The van der Waals surface area contributed by atoms with Crippen molar-refractivity contribution in [2.24, 2.45) is 18.4 Å². The van der Waals surface area contributed by atoms with Crippen molar-refractivity contribution >= 4 is 16.7 Å². The van der Waals surface area contributed by atoms with E-state index in [0.717, 1.165) is 5.92 Å². The SMILES string of the molecule is CC1CC2(C)CCC1(C)[C@H](C)N2c1cc2ccccc2n1C. The van der Waals surface area contributed by atoms with E-state index in [-0.39, 0.29) is 0 Å². The second-order valence-corrected chi connectivity index (χ2v) is 8.27. The first-order chi connectivity index (χ1) is 10.4. The third-order valence-corrected chi connectivity index (χ3v) is 7.17. The molecule has 2 saturated heterocycles.